The predicted octanol–water partition coefficient (Wildman–Crippen LogP) is 0.956. The van der Waals surface area contributed by atoms with Crippen LogP contribution in [-0.2, 0) is 4.74 Å². The Hall–Kier alpha value is -3.29. The maximum Gasteiger partial charge on any atom is 0.342 e. The first kappa shape index (κ1) is 14.6. The molecule has 0 bridgehead atoms. The molecule has 1 aromatic heterocycles. The molecular formula is C15H10O8. The minimum absolute atomic E-state index is 0.0225. The lowest BCUT2D eigenvalue weighted by molar-refractivity contribution is 0.0599. The van der Waals surface area contributed by atoms with E-state index in [2.05, 4.69) is 9.15 Å². The number of methoxy groups -OCH3 is 1. The molecule has 0 fully saturated rings. The van der Waals surface area contributed by atoms with Gasteiger partial charge in [0.1, 0.15) is 22.1 Å². The first-order chi connectivity index (χ1) is 10.8. The zero-order valence-corrected chi connectivity index (χ0v) is 12.0. The summed E-state index contributed by atoms with van der Waals surface area (Å²) in [6.45, 7) is 1.36. The molecule has 0 amide bonds. The largest absolute Gasteiger partial charge is 0.507 e. The Morgan fingerprint density at radius 2 is 1.65 bits per heavy atom. The highest BCUT2D eigenvalue weighted by atomic mass is 16.5. The predicted molar refractivity (Wildman–Crippen MR) is 78.5 cm³/mol. The average molecular weight is 318 g/mol. The number of rotatable bonds is 1. The second-order valence-electron chi connectivity index (χ2n) is 4.93. The van der Waals surface area contributed by atoms with E-state index in [0.717, 1.165) is 13.2 Å². The van der Waals surface area contributed by atoms with Gasteiger partial charge in [-0.3, -0.25) is 9.59 Å². The molecule has 8 nitrogen and oxygen atoms in total. The number of ether oxygens (including phenoxy) is 1. The van der Waals surface area contributed by atoms with Gasteiger partial charge in [0, 0.05) is 16.8 Å². The molecule has 8 heteroatoms. The zero-order chi connectivity index (χ0) is 17.0. The number of carbonyl (C=O) groups excluding carboxylic acids is 1. The SMILES string of the molecule is COC(=O)c1c(C)c2c(=O)cc(O)c3c(O)oc(O)c(c1=O)c32. The summed E-state index contributed by atoms with van der Waals surface area (Å²) >= 11 is 0. The molecule has 0 atom stereocenters. The van der Waals surface area contributed by atoms with Gasteiger partial charge in [0.2, 0.25) is 5.43 Å². The first-order valence-electron chi connectivity index (χ1n) is 6.38. The van der Waals surface area contributed by atoms with Crippen LogP contribution in [0.1, 0.15) is 15.9 Å². The summed E-state index contributed by atoms with van der Waals surface area (Å²) < 4.78 is 9.18. The van der Waals surface area contributed by atoms with Gasteiger partial charge in [0.05, 0.1) is 7.11 Å². The Morgan fingerprint density at radius 3 is 2.26 bits per heavy atom. The molecule has 0 aliphatic heterocycles. The monoisotopic (exact) mass is 318 g/mol. The molecule has 0 saturated carbocycles. The van der Waals surface area contributed by atoms with E-state index >= 15 is 0 Å². The summed E-state index contributed by atoms with van der Waals surface area (Å²) in [7, 11) is 1.07. The first-order valence-corrected chi connectivity index (χ1v) is 6.38. The highest BCUT2D eigenvalue weighted by Crippen LogP contribution is 2.41. The van der Waals surface area contributed by atoms with Gasteiger partial charge < -0.3 is 24.5 Å². The molecule has 3 aromatic rings. The maximum absolute atomic E-state index is 12.5. The molecule has 0 aliphatic rings. The summed E-state index contributed by atoms with van der Waals surface area (Å²) in [5, 5.41) is 28.4. The van der Waals surface area contributed by atoms with Gasteiger partial charge >= 0.3 is 5.97 Å². The number of phenols is 1. The van der Waals surface area contributed by atoms with Crippen molar-refractivity contribution in [2.24, 2.45) is 0 Å². The summed E-state index contributed by atoms with van der Waals surface area (Å²) in [5.41, 5.74) is -2.03. The van der Waals surface area contributed by atoms with Gasteiger partial charge in [-0.05, 0) is 12.5 Å². The molecule has 3 N–H and O–H groups in total. The van der Waals surface area contributed by atoms with Gasteiger partial charge in [-0.15, -0.1) is 0 Å². The smallest absolute Gasteiger partial charge is 0.342 e. The summed E-state index contributed by atoms with van der Waals surface area (Å²) in [5.74, 6) is -3.42. The minimum atomic E-state index is -0.980. The Morgan fingerprint density at radius 1 is 1.04 bits per heavy atom. The number of aromatic hydroxyl groups is 3. The average Bonchev–Trinajstić information content (AvgIpc) is 2.45. The Balaban J connectivity index is 2.81. The molecule has 23 heavy (non-hydrogen) atoms. The molecule has 118 valence electrons. The number of aryl methyl sites for hydroxylation is 1. The quantitative estimate of drug-likeness (QED) is 0.565. The maximum atomic E-state index is 12.5. The third kappa shape index (κ3) is 1.75. The number of hydrogen-bond acceptors (Lipinski definition) is 8. The summed E-state index contributed by atoms with van der Waals surface area (Å²) in [4.78, 5) is 36.6. The molecule has 0 unspecified atom stereocenters. The Bertz CT molecular complexity index is 1090. The van der Waals surface area contributed by atoms with E-state index in [4.69, 9.17) is 0 Å². The molecule has 1 heterocycles. The third-order valence-electron chi connectivity index (χ3n) is 3.74. The summed E-state index contributed by atoms with van der Waals surface area (Å²) in [6, 6.07) is 0.821. The number of carbonyl (C=O) groups is 1. The van der Waals surface area contributed by atoms with Crippen molar-refractivity contribution in [3.63, 3.8) is 0 Å². The second-order valence-corrected chi connectivity index (χ2v) is 4.93. The highest BCUT2D eigenvalue weighted by molar-refractivity contribution is 6.18. The van der Waals surface area contributed by atoms with Crippen LogP contribution in [0.15, 0.2) is 20.1 Å². The number of phenolic OH excluding ortho intramolecular Hbond substituents is 1. The van der Waals surface area contributed by atoms with E-state index in [0.29, 0.717) is 0 Å². The molecule has 0 spiro atoms. The molecule has 0 saturated heterocycles. The lowest BCUT2D eigenvalue weighted by Crippen LogP contribution is -2.21. The van der Waals surface area contributed by atoms with Crippen LogP contribution in [0.25, 0.3) is 21.5 Å². The van der Waals surface area contributed by atoms with Crippen LogP contribution in [0, 0.1) is 6.92 Å². The van der Waals surface area contributed by atoms with Crippen LogP contribution >= 0.6 is 0 Å². The van der Waals surface area contributed by atoms with E-state index in [1.54, 1.807) is 0 Å². The fourth-order valence-corrected chi connectivity index (χ4v) is 2.76. The van der Waals surface area contributed by atoms with Gasteiger partial charge in [0.25, 0.3) is 11.9 Å². The van der Waals surface area contributed by atoms with Crippen molar-refractivity contribution >= 4 is 27.5 Å². The number of hydrogen-bond donors (Lipinski definition) is 3. The summed E-state index contributed by atoms with van der Waals surface area (Å²) in [6.07, 6.45) is 0. The van der Waals surface area contributed by atoms with Crippen molar-refractivity contribution in [2.75, 3.05) is 7.11 Å². The van der Waals surface area contributed by atoms with Gasteiger partial charge in [0.15, 0.2) is 5.43 Å². The minimum Gasteiger partial charge on any atom is -0.507 e. The molecular weight excluding hydrogens is 308 g/mol. The fraction of sp³-hybridized carbons (Fsp3) is 0.133. The fourth-order valence-electron chi connectivity index (χ4n) is 2.76. The third-order valence-corrected chi connectivity index (χ3v) is 3.74. The standard InChI is InChI=1S/C15H10O8/c1-4-7-5(16)3-6(17)9-10(7)11(15(21)23-14(9)20)12(18)8(4)13(19)22-2/h3,17,20-21H,1-2H3. The van der Waals surface area contributed by atoms with Gasteiger partial charge in [-0.2, -0.15) is 0 Å². The number of esters is 1. The molecule has 0 radical (unpaired) electrons. The van der Waals surface area contributed by atoms with E-state index < -0.39 is 45.4 Å². The molecule has 2 aromatic carbocycles. The van der Waals surface area contributed by atoms with Gasteiger partial charge in [-0.25, -0.2) is 4.79 Å². The zero-order valence-electron chi connectivity index (χ0n) is 12.0. The normalized spacial score (nSPS) is 11.2. The van der Waals surface area contributed by atoms with Crippen LogP contribution in [0.3, 0.4) is 0 Å². The van der Waals surface area contributed by atoms with Crippen molar-refractivity contribution in [3.05, 3.63) is 37.6 Å². The lowest BCUT2D eigenvalue weighted by atomic mass is 9.93. The van der Waals surface area contributed by atoms with Crippen LogP contribution in [0.4, 0.5) is 0 Å². The van der Waals surface area contributed by atoms with Crippen LogP contribution in [-0.4, -0.2) is 28.4 Å². The van der Waals surface area contributed by atoms with Crippen LogP contribution < -0.4 is 10.9 Å². The van der Waals surface area contributed by atoms with Crippen LogP contribution in [0.2, 0.25) is 0 Å². The van der Waals surface area contributed by atoms with Crippen molar-refractivity contribution in [2.45, 2.75) is 6.92 Å². The lowest BCUT2D eigenvalue weighted by Gasteiger charge is -2.12. The van der Waals surface area contributed by atoms with Crippen molar-refractivity contribution in [3.8, 4) is 17.6 Å². The molecule has 0 aliphatic carbocycles. The van der Waals surface area contributed by atoms with Crippen molar-refractivity contribution in [1.82, 2.24) is 0 Å². The van der Waals surface area contributed by atoms with Crippen LogP contribution in [0.5, 0.6) is 17.6 Å². The van der Waals surface area contributed by atoms with Crippen molar-refractivity contribution < 1.29 is 29.3 Å². The topological polar surface area (TPSA) is 134 Å². The Labute approximate surface area is 127 Å². The Kier molecular flexibility index (Phi) is 2.93. The van der Waals surface area contributed by atoms with E-state index in [1.807, 2.05) is 0 Å². The van der Waals surface area contributed by atoms with Crippen molar-refractivity contribution in [1.29, 1.82) is 0 Å². The number of benzene rings is 2. The molecule has 3 rings (SSSR count). The van der Waals surface area contributed by atoms with E-state index in [9.17, 15) is 29.7 Å². The second kappa shape index (κ2) is 4.60. The van der Waals surface area contributed by atoms with Gasteiger partial charge in [-0.1, -0.05) is 0 Å². The van der Waals surface area contributed by atoms with E-state index in [-0.39, 0.29) is 21.7 Å². The highest BCUT2D eigenvalue weighted by Gasteiger charge is 2.28. The van der Waals surface area contributed by atoms with E-state index in [1.165, 1.54) is 6.92 Å².